The summed E-state index contributed by atoms with van der Waals surface area (Å²) in [6.45, 7) is 1.68. The van der Waals surface area contributed by atoms with Gasteiger partial charge < -0.3 is 20.3 Å². The van der Waals surface area contributed by atoms with Crippen LogP contribution in [-0.2, 0) is 9.59 Å². The molecule has 2 fully saturated rings. The van der Waals surface area contributed by atoms with Gasteiger partial charge in [-0.25, -0.2) is 0 Å². The minimum atomic E-state index is -0.247. The zero-order valence-electron chi connectivity index (χ0n) is 11.8. The zero-order valence-corrected chi connectivity index (χ0v) is 11.8. The smallest absolute Gasteiger partial charge is 0.245 e. The Bertz CT molecular complexity index is 544. The van der Waals surface area contributed by atoms with E-state index >= 15 is 0 Å². The molecule has 2 aliphatic rings. The van der Waals surface area contributed by atoms with Crippen LogP contribution in [0.1, 0.15) is 12.8 Å². The number of fused-ring (bicyclic) bond motifs is 1. The minimum Gasteiger partial charge on any atom is -0.492 e. The lowest BCUT2D eigenvalue weighted by molar-refractivity contribution is -0.153. The molecule has 6 nitrogen and oxygen atoms in total. The van der Waals surface area contributed by atoms with Crippen LogP contribution in [0, 0.1) is 0 Å². The summed E-state index contributed by atoms with van der Waals surface area (Å²) < 4.78 is 5.58. The molecule has 2 heterocycles. The number of ether oxygens (including phenoxy) is 1. The maximum Gasteiger partial charge on any atom is 0.245 e. The third kappa shape index (κ3) is 2.79. The Hall–Kier alpha value is -2.24. The molecule has 2 aliphatic heterocycles. The lowest BCUT2D eigenvalue weighted by atomic mass is 10.1. The van der Waals surface area contributed by atoms with Crippen molar-refractivity contribution >= 4 is 17.5 Å². The number of hydrogen-bond donors (Lipinski definition) is 1. The SMILES string of the molecule is Nc1ccc(OCCN2CC(=O)N3CCCC3C2=O)cc1. The number of rotatable bonds is 4. The highest BCUT2D eigenvalue weighted by Crippen LogP contribution is 2.23. The first-order valence-electron chi connectivity index (χ1n) is 7.22. The van der Waals surface area contributed by atoms with E-state index in [4.69, 9.17) is 10.5 Å². The fourth-order valence-electron chi connectivity index (χ4n) is 2.89. The Balaban J connectivity index is 1.54. The van der Waals surface area contributed by atoms with E-state index in [1.165, 1.54) is 0 Å². The van der Waals surface area contributed by atoms with Crippen molar-refractivity contribution in [2.24, 2.45) is 0 Å². The quantitative estimate of drug-likeness (QED) is 0.818. The molecule has 2 N–H and O–H groups in total. The molecule has 21 heavy (non-hydrogen) atoms. The second-order valence-corrected chi connectivity index (χ2v) is 5.42. The highest BCUT2D eigenvalue weighted by atomic mass is 16.5. The van der Waals surface area contributed by atoms with Crippen LogP contribution in [0.5, 0.6) is 5.75 Å². The van der Waals surface area contributed by atoms with Crippen molar-refractivity contribution in [1.29, 1.82) is 0 Å². The highest BCUT2D eigenvalue weighted by molar-refractivity contribution is 5.95. The van der Waals surface area contributed by atoms with E-state index in [0.717, 1.165) is 12.8 Å². The average molecular weight is 289 g/mol. The summed E-state index contributed by atoms with van der Waals surface area (Å²) in [4.78, 5) is 27.6. The van der Waals surface area contributed by atoms with E-state index in [-0.39, 0.29) is 24.4 Å². The summed E-state index contributed by atoms with van der Waals surface area (Å²) in [5.74, 6) is 0.806. The molecule has 2 saturated heterocycles. The van der Waals surface area contributed by atoms with Crippen molar-refractivity contribution in [2.45, 2.75) is 18.9 Å². The fourth-order valence-corrected chi connectivity index (χ4v) is 2.89. The van der Waals surface area contributed by atoms with E-state index in [9.17, 15) is 9.59 Å². The largest absolute Gasteiger partial charge is 0.492 e. The molecular weight excluding hydrogens is 270 g/mol. The van der Waals surface area contributed by atoms with Gasteiger partial charge in [-0.3, -0.25) is 9.59 Å². The summed E-state index contributed by atoms with van der Waals surface area (Å²) in [5.41, 5.74) is 6.29. The molecule has 112 valence electrons. The molecule has 0 bridgehead atoms. The number of amides is 2. The third-order valence-electron chi connectivity index (χ3n) is 4.01. The van der Waals surface area contributed by atoms with Gasteiger partial charge in [-0.1, -0.05) is 0 Å². The van der Waals surface area contributed by atoms with Crippen LogP contribution >= 0.6 is 0 Å². The van der Waals surface area contributed by atoms with Crippen LogP contribution in [-0.4, -0.2) is 53.9 Å². The van der Waals surface area contributed by atoms with Crippen LogP contribution in [0.3, 0.4) is 0 Å². The number of carbonyl (C=O) groups is 2. The van der Waals surface area contributed by atoms with Gasteiger partial charge in [0.05, 0.1) is 13.1 Å². The Morgan fingerprint density at radius 1 is 1.24 bits per heavy atom. The number of carbonyl (C=O) groups excluding carboxylic acids is 2. The zero-order chi connectivity index (χ0) is 14.8. The number of nitrogens with zero attached hydrogens (tertiary/aromatic N) is 2. The third-order valence-corrected chi connectivity index (χ3v) is 4.01. The van der Waals surface area contributed by atoms with Gasteiger partial charge in [0.2, 0.25) is 11.8 Å². The predicted octanol–water partition coefficient (Wildman–Crippen LogP) is 0.481. The number of anilines is 1. The van der Waals surface area contributed by atoms with Gasteiger partial charge in [0, 0.05) is 12.2 Å². The number of nitrogen functional groups attached to an aromatic ring is 1. The van der Waals surface area contributed by atoms with Crippen molar-refractivity contribution in [1.82, 2.24) is 9.80 Å². The second-order valence-electron chi connectivity index (χ2n) is 5.42. The maximum absolute atomic E-state index is 12.3. The topological polar surface area (TPSA) is 75.9 Å². The van der Waals surface area contributed by atoms with Crippen molar-refractivity contribution in [3.05, 3.63) is 24.3 Å². The number of piperazine rings is 1. The van der Waals surface area contributed by atoms with E-state index in [2.05, 4.69) is 0 Å². The molecule has 0 spiro atoms. The Labute approximate surface area is 123 Å². The van der Waals surface area contributed by atoms with Gasteiger partial charge in [0.15, 0.2) is 0 Å². The molecule has 3 rings (SSSR count). The molecule has 1 unspecified atom stereocenters. The van der Waals surface area contributed by atoms with E-state index in [1.807, 2.05) is 0 Å². The molecule has 1 aromatic carbocycles. The van der Waals surface area contributed by atoms with Gasteiger partial charge >= 0.3 is 0 Å². The Morgan fingerprint density at radius 2 is 2.00 bits per heavy atom. The van der Waals surface area contributed by atoms with Gasteiger partial charge in [0.25, 0.3) is 0 Å². The van der Waals surface area contributed by atoms with E-state index in [0.29, 0.717) is 31.1 Å². The van der Waals surface area contributed by atoms with Crippen molar-refractivity contribution in [3.8, 4) is 5.75 Å². The number of hydrogen-bond acceptors (Lipinski definition) is 4. The second kappa shape index (κ2) is 5.63. The first-order valence-corrected chi connectivity index (χ1v) is 7.22. The van der Waals surface area contributed by atoms with Crippen molar-refractivity contribution in [2.75, 3.05) is 32.0 Å². The maximum atomic E-state index is 12.3. The molecule has 0 saturated carbocycles. The lowest BCUT2D eigenvalue weighted by Crippen LogP contribution is -2.57. The molecular formula is C15H19N3O3. The van der Waals surface area contributed by atoms with Crippen LogP contribution in [0.15, 0.2) is 24.3 Å². The molecule has 6 heteroatoms. The van der Waals surface area contributed by atoms with E-state index in [1.54, 1.807) is 34.1 Å². The highest BCUT2D eigenvalue weighted by Gasteiger charge is 2.41. The summed E-state index contributed by atoms with van der Waals surface area (Å²) in [5, 5.41) is 0. The van der Waals surface area contributed by atoms with Crippen LogP contribution in [0.25, 0.3) is 0 Å². The number of nitrogens with two attached hydrogens (primary N) is 1. The summed E-state index contributed by atoms with van der Waals surface area (Å²) >= 11 is 0. The predicted molar refractivity (Wildman–Crippen MR) is 77.7 cm³/mol. The fraction of sp³-hybridized carbons (Fsp3) is 0.467. The Morgan fingerprint density at radius 3 is 2.76 bits per heavy atom. The van der Waals surface area contributed by atoms with Crippen molar-refractivity contribution < 1.29 is 14.3 Å². The first kappa shape index (κ1) is 13.7. The first-order chi connectivity index (χ1) is 10.1. The van der Waals surface area contributed by atoms with Crippen LogP contribution in [0.4, 0.5) is 5.69 Å². The van der Waals surface area contributed by atoms with Crippen LogP contribution < -0.4 is 10.5 Å². The monoisotopic (exact) mass is 289 g/mol. The summed E-state index contributed by atoms with van der Waals surface area (Å²) in [7, 11) is 0. The summed E-state index contributed by atoms with van der Waals surface area (Å²) in [6, 6.07) is 6.86. The van der Waals surface area contributed by atoms with E-state index < -0.39 is 0 Å². The van der Waals surface area contributed by atoms with Gasteiger partial charge in [0.1, 0.15) is 18.4 Å². The molecule has 2 amide bonds. The molecule has 1 aromatic rings. The lowest BCUT2D eigenvalue weighted by Gasteiger charge is -2.36. The van der Waals surface area contributed by atoms with Gasteiger partial charge in [-0.15, -0.1) is 0 Å². The van der Waals surface area contributed by atoms with Gasteiger partial charge in [-0.05, 0) is 37.1 Å². The average Bonchev–Trinajstić information content (AvgIpc) is 2.96. The number of benzene rings is 1. The standard InChI is InChI=1S/C15H19N3O3/c16-11-3-5-12(6-4-11)21-9-8-17-10-14(19)18-7-1-2-13(18)15(17)20/h3-6,13H,1-2,7-10,16H2. The van der Waals surface area contributed by atoms with Gasteiger partial charge in [-0.2, -0.15) is 0 Å². The molecule has 0 aromatic heterocycles. The summed E-state index contributed by atoms with van der Waals surface area (Å²) in [6.07, 6.45) is 1.69. The Kier molecular flexibility index (Phi) is 3.68. The van der Waals surface area contributed by atoms with Crippen LogP contribution in [0.2, 0.25) is 0 Å². The molecule has 0 aliphatic carbocycles. The molecule has 0 radical (unpaired) electrons. The molecule has 1 atom stereocenters. The normalized spacial score (nSPS) is 21.6. The minimum absolute atomic E-state index is 0.0459. The van der Waals surface area contributed by atoms with Crippen molar-refractivity contribution in [3.63, 3.8) is 0 Å².